The molecule has 0 atom stereocenters. The van der Waals surface area contributed by atoms with Crippen LogP contribution in [0, 0.1) is 0 Å². The second-order valence-electron chi connectivity index (χ2n) is 1.88. The van der Waals surface area contributed by atoms with Crippen molar-refractivity contribution in [3.8, 4) is 0 Å². The SMILES string of the molecule is C=C/C=C(S)/C(C)=N\OCC. The summed E-state index contributed by atoms with van der Waals surface area (Å²) in [5.41, 5.74) is 0.759. The second kappa shape index (κ2) is 6.04. The van der Waals surface area contributed by atoms with Gasteiger partial charge >= 0.3 is 0 Å². The molecule has 0 amide bonds. The third-order valence-electron chi connectivity index (χ3n) is 0.977. The van der Waals surface area contributed by atoms with Gasteiger partial charge in [0, 0.05) is 4.91 Å². The number of hydrogen-bond acceptors (Lipinski definition) is 3. The van der Waals surface area contributed by atoms with Crippen molar-refractivity contribution >= 4 is 18.3 Å². The van der Waals surface area contributed by atoms with Crippen LogP contribution in [0.1, 0.15) is 13.8 Å². The van der Waals surface area contributed by atoms with Crippen molar-refractivity contribution in [1.82, 2.24) is 0 Å². The second-order valence-corrected chi connectivity index (χ2v) is 2.36. The van der Waals surface area contributed by atoms with Gasteiger partial charge in [-0.3, -0.25) is 0 Å². The minimum atomic E-state index is 0.576. The molecule has 62 valence electrons. The van der Waals surface area contributed by atoms with Crippen molar-refractivity contribution in [1.29, 1.82) is 0 Å². The van der Waals surface area contributed by atoms with Crippen LogP contribution in [0.2, 0.25) is 0 Å². The van der Waals surface area contributed by atoms with Gasteiger partial charge in [-0.05, 0) is 19.9 Å². The average Bonchev–Trinajstić information content (AvgIpc) is 2.00. The predicted molar refractivity (Wildman–Crippen MR) is 52.0 cm³/mol. The Morgan fingerprint density at radius 2 is 2.36 bits per heavy atom. The quantitative estimate of drug-likeness (QED) is 0.298. The van der Waals surface area contributed by atoms with Gasteiger partial charge in [-0.2, -0.15) is 0 Å². The first kappa shape index (κ1) is 10.3. The first-order chi connectivity index (χ1) is 5.22. The van der Waals surface area contributed by atoms with E-state index in [1.165, 1.54) is 0 Å². The van der Waals surface area contributed by atoms with Crippen LogP contribution < -0.4 is 0 Å². The summed E-state index contributed by atoms with van der Waals surface area (Å²) in [4.78, 5) is 5.60. The van der Waals surface area contributed by atoms with Crippen LogP contribution in [0.25, 0.3) is 0 Å². The number of thiol groups is 1. The number of hydrogen-bond donors (Lipinski definition) is 1. The summed E-state index contributed by atoms with van der Waals surface area (Å²) in [6.07, 6.45) is 3.42. The number of nitrogens with zero attached hydrogens (tertiary/aromatic N) is 1. The Hall–Kier alpha value is -0.700. The number of oxime groups is 1. The molecule has 0 aliphatic rings. The molecule has 11 heavy (non-hydrogen) atoms. The Morgan fingerprint density at radius 1 is 1.73 bits per heavy atom. The van der Waals surface area contributed by atoms with Gasteiger partial charge in [-0.25, -0.2) is 0 Å². The lowest BCUT2D eigenvalue weighted by Crippen LogP contribution is -1.92. The highest BCUT2D eigenvalue weighted by Crippen LogP contribution is 2.03. The maximum atomic E-state index is 4.83. The summed E-state index contributed by atoms with van der Waals surface area (Å²) >= 11 is 4.16. The van der Waals surface area contributed by atoms with E-state index in [1.54, 1.807) is 12.2 Å². The molecule has 0 N–H and O–H groups in total. The Bertz CT molecular complexity index is 185. The molecule has 0 aromatic heterocycles. The van der Waals surface area contributed by atoms with Crippen molar-refractivity contribution in [2.45, 2.75) is 13.8 Å². The van der Waals surface area contributed by atoms with Crippen LogP contribution in [0.4, 0.5) is 0 Å². The first-order valence-corrected chi connectivity index (χ1v) is 3.85. The van der Waals surface area contributed by atoms with Crippen molar-refractivity contribution in [3.05, 3.63) is 23.6 Å². The lowest BCUT2D eigenvalue weighted by atomic mass is 10.3. The van der Waals surface area contributed by atoms with E-state index in [1.807, 2.05) is 13.8 Å². The molecule has 0 saturated carbocycles. The Kier molecular flexibility index (Phi) is 5.65. The molecule has 0 rings (SSSR count). The Balaban J connectivity index is 4.10. The molecule has 0 aliphatic carbocycles. The van der Waals surface area contributed by atoms with E-state index in [-0.39, 0.29) is 0 Å². The summed E-state index contributed by atoms with van der Waals surface area (Å²) in [5, 5.41) is 3.79. The lowest BCUT2D eigenvalue weighted by molar-refractivity contribution is 0.159. The summed E-state index contributed by atoms with van der Waals surface area (Å²) < 4.78 is 0. The van der Waals surface area contributed by atoms with Crippen LogP contribution in [0.3, 0.4) is 0 Å². The van der Waals surface area contributed by atoms with Crippen LogP contribution in [-0.2, 0) is 4.84 Å². The first-order valence-electron chi connectivity index (χ1n) is 3.41. The minimum absolute atomic E-state index is 0.576. The topological polar surface area (TPSA) is 21.6 Å². The Labute approximate surface area is 73.0 Å². The molecule has 0 aromatic carbocycles. The molecular weight excluding hydrogens is 158 g/mol. The summed E-state index contributed by atoms with van der Waals surface area (Å²) in [6.45, 7) is 7.83. The van der Waals surface area contributed by atoms with E-state index in [2.05, 4.69) is 24.4 Å². The van der Waals surface area contributed by atoms with E-state index in [0.717, 1.165) is 10.6 Å². The highest BCUT2D eigenvalue weighted by atomic mass is 32.1. The van der Waals surface area contributed by atoms with Gasteiger partial charge in [-0.1, -0.05) is 17.8 Å². The predicted octanol–water partition coefficient (Wildman–Crippen LogP) is 2.40. The highest BCUT2D eigenvalue weighted by molar-refractivity contribution is 7.85. The smallest absolute Gasteiger partial charge is 0.114 e. The zero-order chi connectivity index (χ0) is 8.69. The molecule has 0 heterocycles. The van der Waals surface area contributed by atoms with Crippen LogP contribution in [-0.4, -0.2) is 12.3 Å². The van der Waals surface area contributed by atoms with E-state index >= 15 is 0 Å². The molecule has 0 aliphatic heterocycles. The number of rotatable bonds is 4. The Morgan fingerprint density at radius 3 is 2.82 bits per heavy atom. The maximum absolute atomic E-state index is 4.83. The summed E-state index contributed by atoms with van der Waals surface area (Å²) in [7, 11) is 0. The van der Waals surface area contributed by atoms with Gasteiger partial charge in [0.1, 0.15) is 6.61 Å². The summed E-state index contributed by atoms with van der Waals surface area (Å²) in [6, 6.07) is 0. The zero-order valence-corrected chi connectivity index (χ0v) is 7.77. The van der Waals surface area contributed by atoms with Crippen LogP contribution in [0.5, 0.6) is 0 Å². The molecule has 0 radical (unpaired) electrons. The van der Waals surface area contributed by atoms with Crippen molar-refractivity contribution in [3.63, 3.8) is 0 Å². The van der Waals surface area contributed by atoms with E-state index < -0.39 is 0 Å². The fraction of sp³-hybridized carbons (Fsp3) is 0.375. The van der Waals surface area contributed by atoms with E-state index in [9.17, 15) is 0 Å². The molecule has 0 spiro atoms. The molecular formula is C8H13NOS. The molecule has 0 saturated heterocycles. The monoisotopic (exact) mass is 171 g/mol. The fourth-order valence-corrected chi connectivity index (χ4v) is 0.587. The van der Waals surface area contributed by atoms with Crippen molar-refractivity contribution in [2.75, 3.05) is 6.61 Å². The van der Waals surface area contributed by atoms with E-state index in [4.69, 9.17) is 4.84 Å². The highest BCUT2D eigenvalue weighted by Gasteiger charge is 1.93. The van der Waals surface area contributed by atoms with Gasteiger partial charge < -0.3 is 4.84 Å². The number of allylic oxidation sites excluding steroid dienone is 3. The third-order valence-corrected chi connectivity index (χ3v) is 1.45. The molecule has 3 heteroatoms. The van der Waals surface area contributed by atoms with Crippen LogP contribution >= 0.6 is 12.6 Å². The third kappa shape index (κ3) is 4.67. The van der Waals surface area contributed by atoms with Crippen molar-refractivity contribution < 1.29 is 4.84 Å². The maximum Gasteiger partial charge on any atom is 0.114 e. The van der Waals surface area contributed by atoms with Gasteiger partial charge in [0.2, 0.25) is 0 Å². The summed E-state index contributed by atoms with van der Waals surface area (Å²) in [5.74, 6) is 0. The zero-order valence-electron chi connectivity index (χ0n) is 6.87. The lowest BCUT2D eigenvalue weighted by Gasteiger charge is -1.97. The van der Waals surface area contributed by atoms with Gasteiger partial charge in [0.25, 0.3) is 0 Å². The van der Waals surface area contributed by atoms with Crippen LogP contribution in [0.15, 0.2) is 28.8 Å². The normalized spacial score (nSPS) is 13.0. The largest absolute Gasteiger partial charge is 0.396 e. The van der Waals surface area contributed by atoms with E-state index in [0.29, 0.717) is 6.61 Å². The standard InChI is InChI=1S/C8H13NOS/c1-4-6-8(11)7(3)9-10-5-2/h4,6,11H,1,5H2,2-3H3/b8-6-,9-7-. The van der Waals surface area contributed by atoms with Gasteiger partial charge in [-0.15, -0.1) is 12.6 Å². The molecule has 0 unspecified atom stereocenters. The fourth-order valence-electron chi connectivity index (χ4n) is 0.440. The average molecular weight is 171 g/mol. The minimum Gasteiger partial charge on any atom is -0.396 e. The van der Waals surface area contributed by atoms with Crippen molar-refractivity contribution in [2.24, 2.45) is 5.16 Å². The molecule has 0 fully saturated rings. The molecule has 0 aromatic rings. The molecule has 0 bridgehead atoms. The van der Waals surface area contributed by atoms with Gasteiger partial charge in [0.05, 0.1) is 5.71 Å². The van der Waals surface area contributed by atoms with Gasteiger partial charge in [0.15, 0.2) is 0 Å². The molecule has 2 nitrogen and oxygen atoms in total.